The van der Waals surface area contributed by atoms with Crippen LogP contribution in [-0.4, -0.2) is 0 Å². The molecule has 1 saturated heterocycles. The van der Waals surface area contributed by atoms with E-state index < -0.39 is 0 Å². The maximum absolute atomic E-state index is 5.19. The highest BCUT2D eigenvalue weighted by atomic mass is 16.5. The third-order valence-electron chi connectivity index (χ3n) is 1.66. The Bertz CT molecular complexity index is 179. The van der Waals surface area contributed by atoms with Crippen molar-refractivity contribution < 1.29 is 4.74 Å². The van der Waals surface area contributed by atoms with Gasteiger partial charge in [0.15, 0.2) is 0 Å². The molecule has 1 aliphatic heterocycles. The molecule has 0 aromatic rings. The number of rotatable bonds is 2. The Kier molecular flexibility index (Phi) is 1.95. The molecule has 0 amide bonds. The molecule has 0 radical (unpaired) electrons. The van der Waals surface area contributed by atoms with Crippen LogP contribution in [0.25, 0.3) is 0 Å². The van der Waals surface area contributed by atoms with Crippen molar-refractivity contribution in [3.05, 3.63) is 37.3 Å². The summed E-state index contributed by atoms with van der Waals surface area (Å²) in [7, 11) is 0. The lowest BCUT2D eigenvalue weighted by atomic mass is 10.0. The van der Waals surface area contributed by atoms with Crippen molar-refractivity contribution in [2.75, 3.05) is 0 Å². The van der Waals surface area contributed by atoms with Crippen molar-refractivity contribution in [3.63, 3.8) is 0 Å². The minimum Gasteiger partial charge on any atom is -0.467 e. The van der Waals surface area contributed by atoms with Crippen LogP contribution in [0.4, 0.5) is 0 Å². The van der Waals surface area contributed by atoms with Gasteiger partial charge >= 0.3 is 0 Å². The van der Waals surface area contributed by atoms with Crippen molar-refractivity contribution in [2.45, 2.75) is 12.8 Å². The van der Waals surface area contributed by atoms with Gasteiger partial charge in [-0.05, 0) is 6.42 Å². The fourth-order valence-electron chi connectivity index (χ4n) is 1.12. The third kappa shape index (κ3) is 1.29. The average Bonchev–Trinajstić information content (AvgIpc) is 2.13. The second-order valence-corrected chi connectivity index (χ2v) is 2.53. The molecule has 0 spiro atoms. The fourth-order valence-corrected chi connectivity index (χ4v) is 1.12. The lowest BCUT2D eigenvalue weighted by Crippen LogP contribution is -1.92. The van der Waals surface area contributed by atoms with E-state index in [1.54, 1.807) is 0 Å². The molecular formula is C9H12O. The minimum absolute atomic E-state index is 0.421. The van der Waals surface area contributed by atoms with Gasteiger partial charge in [0, 0.05) is 12.3 Å². The van der Waals surface area contributed by atoms with E-state index in [-0.39, 0.29) is 0 Å². The van der Waals surface area contributed by atoms with Crippen LogP contribution in [0.15, 0.2) is 37.3 Å². The lowest BCUT2D eigenvalue weighted by Gasteiger charge is -2.01. The van der Waals surface area contributed by atoms with Gasteiger partial charge in [-0.1, -0.05) is 19.2 Å². The summed E-state index contributed by atoms with van der Waals surface area (Å²) in [4.78, 5) is 0. The maximum atomic E-state index is 5.19. The Morgan fingerprint density at radius 3 is 2.70 bits per heavy atom. The smallest absolute Gasteiger partial charge is 0.100 e. The Morgan fingerprint density at radius 2 is 2.30 bits per heavy atom. The van der Waals surface area contributed by atoms with Gasteiger partial charge in [-0.2, -0.15) is 0 Å². The van der Waals surface area contributed by atoms with Crippen molar-refractivity contribution in [1.82, 2.24) is 0 Å². The zero-order valence-corrected chi connectivity index (χ0v) is 6.10. The first-order valence-corrected chi connectivity index (χ1v) is 3.39. The fraction of sp³-hybridized carbons (Fsp3) is 0.333. The van der Waals surface area contributed by atoms with Gasteiger partial charge in [0.05, 0.1) is 5.76 Å². The molecule has 0 aromatic heterocycles. The molecule has 1 aliphatic rings. The summed E-state index contributed by atoms with van der Waals surface area (Å²) in [5, 5.41) is 0. The van der Waals surface area contributed by atoms with Gasteiger partial charge in [0.25, 0.3) is 0 Å². The van der Waals surface area contributed by atoms with Gasteiger partial charge in [-0.3, -0.25) is 0 Å². The zero-order valence-electron chi connectivity index (χ0n) is 6.10. The van der Waals surface area contributed by atoms with Crippen molar-refractivity contribution in [1.29, 1.82) is 0 Å². The Morgan fingerprint density at radius 1 is 1.60 bits per heavy atom. The van der Waals surface area contributed by atoms with E-state index >= 15 is 0 Å². The van der Waals surface area contributed by atoms with Gasteiger partial charge in [0.1, 0.15) is 5.76 Å². The highest BCUT2D eigenvalue weighted by Crippen LogP contribution is 2.32. The van der Waals surface area contributed by atoms with Crippen LogP contribution in [0.2, 0.25) is 0 Å². The van der Waals surface area contributed by atoms with Gasteiger partial charge in [-0.15, -0.1) is 6.58 Å². The quantitative estimate of drug-likeness (QED) is 0.530. The van der Waals surface area contributed by atoms with Crippen LogP contribution in [0.3, 0.4) is 0 Å². The summed E-state index contributed by atoms with van der Waals surface area (Å²) >= 11 is 0. The number of allylic oxidation sites excluding steroid dienone is 3. The maximum Gasteiger partial charge on any atom is 0.100 e. The summed E-state index contributed by atoms with van der Waals surface area (Å²) in [6.45, 7) is 11.2. The molecule has 0 bridgehead atoms. The highest BCUT2D eigenvalue weighted by Gasteiger charge is 2.22. The number of hydrogen-bond donors (Lipinski definition) is 0. The summed E-state index contributed by atoms with van der Waals surface area (Å²) in [5.41, 5.74) is 0. The van der Waals surface area contributed by atoms with E-state index in [1.165, 1.54) is 0 Å². The first-order chi connectivity index (χ1) is 4.74. The van der Waals surface area contributed by atoms with Crippen LogP contribution in [0, 0.1) is 5.92 Å². The van der Waals surface area contributed by atoms with E-state index in [0.29, 0.717) is 5.92 Å². The molecule has 54 valence electrons. The molecule has 1 heterocycles. The molecule has 1 nitrogen and oxygen atoms in total. The molecule has 0 N–H and O–H groups in total. The predicted molar refractivity (Wildman–Crippen MR) is 42.3 cm³/mol. The van der Waals surface area contributed by atoms with Crippen LogP contribution >= 0.6 is 0 Å². The van der Waals surface area contributed by atoms with Crippen molar-refractivity contribution in [2.24, 2.45) is 5.92 Å². The molecule has 10 heavy (non-hydrogen) atoms. The minimum atomic E-state index is 0.421. The average molecular weight is 136 g/mol. The standard InChI is InChI=1S/C9H12O/c1-4-5-9-6-7(2)10-8(9)3/h4,9H,1-3,5-6H2. The second-order valence-electron chi connectivity index (χ2n) is 2.53. The van der Waals surface area contributed by atoms with E-state index in [2.05, 4.69) is 19.7 Å². The topological polar surface area (TPSA) is 9.23 Å². The molecule has 1 atom stereocenters. The van der Waals surface area contributed by atoms with Crippen LogP contribution in [0.1, 0.15) is 12.8 Å². The number of hydrogen-bond acceptors (Lipinski definition) is 1. The van der Waals surface area contributed by atoms with Crippen LogP contribution in [-0.2, 0) is 4.74 Å². The molecule has 1 rings (SSSR count). The van der Waals surface area contributed by atoms with Crippen LogP contribution < -0.4 is 0 Å². The summed E-state index contributed by atoms with van der Waals surface area (Å²) < 4.78 is 5.19. The summed E-state index contributed by atoms with van der Waals surface area (Å²) in [6.07, 6.45) is 3.74. The van der Waals surface area contributed by atoms with E-state index in [9.17, 15) is 0 Å². The predicted octanol–water partition coefficient (Wildman–Crippen LogP) is 2.63. The van der Waals surface area contributed by atoms with E-state index in [4.69, 9.17) is 4.74 Å². The lowest BCUT2D eigenvalue weighted by molar-refractivity contribution is 0.332. The molecule has 0 aliphatic carbocycles. The Labute approximate surface area is 61.7 Å². The Hall–Kier alpha value is -0.980. The molecule has 0 saturated carbocycles. The highest BCUT2D eigenvalue weighted by molar-refractivity contribution is 5.09. The number of ether oxygens (including phenoxy) is 1. The molecule has 1 unspecified atom stereocenters. The second kappa shape index (κ2) is 2.74. The van der Waals surface area contributed by atoms with Gasteiger partial charge < -0.3 is 4.74 Å². The molecular weight excluding hydrogens is 124 g/mol. The Balaban J connectivity index is 2.54. The molecule has 1 heteroatoms. The van der Waals surface area contributed by atoms with Crippen LogP contribution in [0.5, 0.6) is 0 Å². The van der Waals surface area contributed by atoms with E-state index in [1.807, 2.05) is 6.08 Å². The largest absolute Gasteiger partial charge is 0.467 e. The van der Waals surface area contributed by atoms with Crippen molar-refractivity contribution >= 4 is 0 Å². The summed E-state index contributed by atoms with van der Waals surface area (Å²) in [6, 6.07) is 0. The monoisotopic (exact) mass is 136 g/mol. The zero-order chi connectivity index (χ0) is 7.56. The normalized spacial score (nSPS) is 24.6. The SMILES string of the molecule is C=CCC1CC(=C)OC1=C. The first kappa shape index (κ1) is 7.13. The molecule has 0 aromatic carbocycles. The van der Waals surface area contributed by atoms with E-state index in [0.717, 1.165) is 24.4 Å². The van der Waals surface area contributed by atoms with Gasteiger partial charge in [0.2, 0.25) is 0 Å². The first-order valence-electron chi connectivity index (χ1n) is 3.39. The third-order valence-corrected chi connectivity index (χ3v) is 1.66. The molecule has 1 fully saturated rings. The van der Waals surface area contributed by atoms with Gasteiger partial charge in [-0.25, -0.2) is 0 Å². The summed E-state index contributed by atoms with van der Waals surface area (Å²) in [5.74, 6) is 2.09. The van der Waals surface area contributed by atoms with Crippen molar-refractivity contribution in [3.8, 4) is 0 Å².